The molecule has 16 heavy (non-hydrogen) atoms. The Morgan fingerprint density at radius 2 is 1.69 bits per heavy atom. The molecular weight excluding hydrogens is 231 g/mol. The van der Waals surface area contributed by atoms with E-state index < -0.39 is 16.8 Å². The minimum atomic E-state index is -4.28. The van der Waals surface area contributed by atoms with Gasteiger partial charge in [0, 0.05) is 5.69 Å². The van der Waals surface area contributed by atoms with Crippen LogP contribution in [0.3, 0.4) is 0 Å². The maximum atomic E-state index is 12.0. The number of halogens is 3. The molecule has 0 spiro atoms. The molecule has 1 aromatic rings. The lowest BCUT2D eigenvalue weighted by molar-refractivity contribution is -0.742. The minimum Gasteiger partial charge on any atom is -0.328 e. The molecule has 1 rings (SSSR count). The Morgan fingerprint density at radius 3 is 1.94 bits per heavy atom. The van der Waals surface area contributed by atoms with Gasteiger partial charge in [-0.1, -0.05) is 0 Å². The minimum absolute atomic E-state index is 0.447. The number of nitrogens with one attached hydrogen (secondary N) is 1. The molecule has 0 radical (unpaired) electrons. The van der Waals surface area contributed by atoms with Gasteiger partial charge in [-0.2, -0.15) is 13.2 Å². The zero-order valence-electron chi connectivity index (χ0n) is 7.73. The van der Waals surface area contributed by atoms with Gasteiger partial charge < -0.3 is 10.6 Å². The highest BCUT2D eigenvalue weighted by molar-refractivity contribution is 5.43. The second kappa shape index (κ2) is 5.75. The molecule has 0 aliphatic carbocycles. The number of hydrogen-bond acceptors (Lipinski definition) is 4. The van der Waals surface area contributed by atoms with Crippen LogP contribution in [0.5, 0.6) is 0 Å². The van der Waals surface area contributed by atoms with Crippen LogP contribution in [0.4, 0.5) is 18.9 Å². The number of nitrogen functional groups attached to an aromatic ring is 1. The van der Waals surface area contributed by atoms with E-state index in [1.807, 2.05) is 0 Å². The summed E-state index contributed by atoms with van der Waals surface area (Å²) in [5.74, 6) is 4.98. The summed E-state index contributed by atoms with van der Waals surface area (Å²) in [5.41, 5.74) is 2.01. The van der Waals surface area contributed by atoms with Crippen molar-refractivity contribution in [2.75, 3.05) is 5.43 Å². The molecule has 6 nitrogen and oxygen atoms in total. The quantitative estimate of drug-likeness (QED) is 0.393. The van der Waals surface area contributed by atoms with Crippen LogP contribution in [-0.4, -0.2) is 10.3 Å². The monoisotopic (exact) mass is 239 g/mol. The number of anilines is 1. The lowest BCUT2D eigenvalue weighted by atomic mass is 10.2. The van der Waals surface area contributed by atoms with E-state index in [-0.39, 0.29) is 0 Å². The molecule has 0 atom stereocenters. The third kappa shape index (κ3) is 5.65. The lowest BCUT2D eigenvalue weighted by Crippen LogP contribution is -2.08. The third-order valence-electron chi connectivity index (χ3n) is 1.38. The Kier molecular flexibility index (Phi) is 5.02. The Balaban J connectivity index is 0.000000487. The second-order valence-corrected chi connectivity index (χ2v) is 2.46. The Labute approximate surface area is 87.6 Å². The average molecular weight is 239 g/mol. The molecule has 9 heteroatoms. The molecule has 0 amide bonds. The molecule has 1 aromatic carbocycles. The van der Waals surface area contributed by atoms with E-state index in [1.54, 1.807) is 0 Å². The van der Waals surface area contributed by atoms with Crippen LogP contribution in [0.15, 0.2) is 24.3 Å². The summed E-state index contributed by atoms with van der Waals surface area (Å²) in [5, 5.41) is 13.6. The lowest BCUT2D eigenvalue weighted by Gasteiger charge is -2.06. The Morgan fingerprint density at radius 1 is 1.31 bits per heavy atom. The van der Waals surface area contributed by atoms with E-state index in [4.69, 9.17) is 21.2 Å². The maximum Gasteiger partial charge on any atom is 0.416 e. The summed E-state index contributed by atoms with van der Waals surface area (Å²) in [6.45, 7) is 0. The standard InChI is InChI=1S/C7H7F3N2.HNO3/c8-7(9,10)5-1-3-6(12-11)4-2-5;2-1(3)4/h1-4,12H,11H2;(H,2,3,4). The average Bonchev–Trinajstić information content (AvgIpc) is 2.16. The zero-order chi connectivity index (χ0) is 12.8. The van der Waals surface area contributed by atoms with Crippen molar-refractivity contribution in [3.05, 3.63) is 39.9 Å². The van der Waals surface area contributed by atoms with Gasteiger partial charge in [-0.05, 0) is 24.3 Å². The predicted octanol–water partition coefficient (Wildman–Crippen LogP) is 1.64. The number of rotatable bonds is 1. The van der Waals surface area contributed by atoms with E-state index >= 15 is 0 Å². The fourth-order valence-corrected chi connectivity index (χ4v) is 0.755. The fourth-order valence-electron chi connectivity index (χ4n) is 0.755. The van der Waals surface area contributed by atoms with Crippen LogP contribution in [0.25, 0.3) is 0 Å². The van der Waals surface area contributed by atoms with Crippen molar-refractivity contribution in [2.24, 2.45) is 5.84 Å². The molecule has 0 aliphatic rings. The van der Waals surface area contributed by atoms with Crippen molar-refractivity contribution in [3.63, 3.8) is 0 Å². The van der Waals surface area contributed by atoms with E-state index in [9.17, 15) is 13.2 Å². The molecule has 0 saturated carbocycles. The molecule has 0 unspecified atom stereocenters. The predicted molar refractivity (Wildman–Crippen MR) is 48.0 cm³/mol. The molecule has 0 aromatic heterocycles. The van der Waals surface area contributed by atoms with Gasteiger partial charge in [0.1, 0.15) is 0 Å². The van der Waals surface area contributed by atoms with E-state index in [0.29, 0.717) is 5.69 Å². The highest BCUT2D eigenvalue weighted by Crippen LogP contribution is 2.29. The zero-order valence-corrected chi connectivity index (χ0v) is 7.73. The highest BCUT2D eigenvalue weighted by atomic mass is 19.4. The van der Waals surface area contributed by atoms with E-state index in [0.717, 1.165) is 12.1 Å². The highest BCUT2D eigenvalue weighted by Gasteiger charge is 2.29. The van der Waals surface area contributed by atoms with Crippen LogP contribution >= 0.6 is 0 Å². The largest absolute Gasteiger partial charge is 0.416 e. The van der Waals surface area contributed by atoms with Crippen molar-refractivity contribution in [1.82, 2.24) is 0 Å². The van der Waals surface area contributed by atoms with Crippen LogP contribution in [0.2, 0.25) is 0 Å². The normalized spacial score (nSPS) is 10.0. The SMILES string of the molecule is NNc1ccc(C(F)(F)F)cc1.O=[N+]([O-])O. The summed E-state index contributed by atoms with van der Waals surface area (Å²) in [4.78, 5) is 8.36. The van der Waals surface area contributed by atoms with Crippen LogP contribution in [0, 0.1) is 10.1 Å². The van der Waals surface area contributed by atoms with Crippen LogP contribution in [-0.2, 0) is 6.18 Å². The van der Waals surface area contributed by atoms with Crippen molar-refractivity contribution >= 4 is 5.69 Å². The van der Waals surface area contributed by atoms with Gasteiger partial charge in [0.15, 0.2) is 0 Å². The number of benzene rings is 1. The maximum absolute atomic E-state index is 12.0. The van der Waals surface area contributed by atoms with Gasteiger partial charge in [-0.25, -0.2) is 0 Å². The smallest absolute Gasteiger partial charge is 0.328 e. The van der Waals surface area contributed by atoms with E-state index in [2.05, 4.69) is 5.43 Å². The molecule has 0 fully saturated rings. The molecule has 0 saturated heterocycles. The van der Waals surface area contributed by atoms with Gasteiger partial charge in [-0.3, -0.25) is 5.84 Å². The van der Waals surface area contributed by atoms with Gasteiger partial charge in [-0.15, -0.1) is 10.1 Å². The first-order chi connectivity index (χ1) is 7.27. The summed E-state index contributed by atoms with van der Waals surface area (Å²) >= 11 is 0. The Hall–Kier alpha value is -2.03. The molecular formula is C7H8F3N3O3. The number of hydrogen-bond donors (Lipinski definition) is 3. The first-order valence-electron chi connectivity index (χ1n) is 3.74. The first kappa shape index (κ1) is 14.0. The van der Waals surface area contributed by atoms with Crippen molar-refractivity contribution in [1.29, 1.82) is 0 Å². The number of nitrogens with two attached hydrogens (primary N) is 1. The molecule has 0 bridgehead atoms. The summed E-state index contributed by atoms with van der Waals surface area (Å²) < 4.78 is 35.9. The van der Waals surface area contributed by atoms with E-state index in [1.165, 1.54) is 12.1 Å². The molecule has 0 aliphatic heterocycles. The topological polar surface area (TPSA) is 101 Å². The molecule has 4 N–H and O–H groups in total. The fraction of sp³-hybridized carbons (Fsp3) is 0.143. The number of alkyl halides is 3. The number of nitrogens with zero attached hydrogens (tertiary/aromatic N) is 1. The van der Waals surface area contributed by atoms with Crippen LogP contribution in [0.1, 0.15) is 5.56 Å². The van der Waals surface area contributed by atoms with Gasteiger partial charge in [0.05, 0.1) is 5.56 Å². The molecule has 0 heterocycles. The summed E-state index contributed by atoms with van der Waals surface area (Å²) in [6.07, 6.45) is -4.28. The first-order valence-corrected chi connectivity index (χ1v) is 3.74. The van der Waals surface area contributed by atoms with Crippen LogP contribution < -0.4 is 11.3 Å². The number of hydrazine groups is 1. The Bertz CT molecular complexity index is 335. The third-order valence-corrected chi connectivity index (χ3v) is 1.38. The van der Waals surface area contributed by atoms with Gasteiger partial charge in [0.2, 0.25) is 0 Å². The van der Waals surface area contributed by atoms with Crippen molar-refractivity contribution in [2.45, 2.75) is 6.18 Å². The van der Waals surface area contributed by atoms with Gasteiger partial charge in [0.25, 0.3) is 5.09 Å². The summed E-state index contributed by atoms with van der Waals surface area (Å²) in [6, 6.07) is 4.47. The van der Waals surface area contributed by atoms with Crippen molar-refractivity contribution in [3.8, 4) is 0 Å². The van der Waals surface area contributed by atoms with Gasteiger partial charge >= 0.3 is 6.18 Å². The molecule has 90 valence electrons. The summed E-state index contributed by atoms with van der Waals surface area (Å²) in [7, 11) is 0. The second-order valence-electron chi connectivity index (χ2n) is 2.46. The van der Waals surface area contributed by atoms with Crippen molar-refractivity contribution < 1.29 is 23.5 Å².